The quantitative estimate of drug-likeness (QED) is 0.612. The number of carbonyl (C=O) groups is 2. The largest absolute Gasteiger partial charge is 0.530 e. The van der Waals surface area contributed by atoms with Gasteiger partial charge in [-0.15, -0.1) is 0 Å². The van der Waals surface area contributed by atoms with Crippen LogP contribution in [0, 0.1) is 0 Å². The number of halogens is 3. The van der Waals surface area contributed by atoms with E-state index >= 15 is 0 Å². The summed E-state index contributed by atoms with van der Waals surface area (Å²) in [5.74, 6) is 0.0647. The molecule has 1 aliphatic heterocycles. The van der Waals surface area contributed by atoms with Crippen LogP contribution in [0.1, 0.15) is 16.2 Å². The number of hydrogen-bond donors (Lipinski definition) is 1. The van der Waals surface area contributed by atoms with Crippen LogP contribution < -0.4 is 9.84 Å². The van der Waals surface area contributed by atoms with Crippen LogP contribution in [0.2, 0.25) is 0 Å². The van der Waals surface area contributed by atoms with Crippen LogP contribution >= 0.6 is 0 Å². The van der Waals surface area contributed by atoms with Crippen LogP contribution in [-0.2, 0) is 6.18 Å². The van der Waals surface area contributed by atoms with Crippen molar-refractivity contribution in [2.45, 2.75) is 12.2 Å². The molecule has 0 aliphatic carbocycles. The van der Waals surface area contributed by atoms with Gasteiger partial charge in [0.25, 0.3) is 5.91 Å². The Morgan fingerprint density at radius 1 is 1.12 bits per heavy atom. The van der Waals surface area contributed by atoms with E-state index < -0.39 is 36.5 Å². The number of carbonyl (C=O) groups excluding carboxylic acids is 2. The van der Waals surface area contributed by atoms with E-state index in [1.54, 1.807) is 24.3 Å². The topological polar surface area (TPSA) is 119 Å². The summed E-state index contributed by atoms with van der Waals surface area (Å²) in [5, 5.41) is 21.2. The van der Waals surface area contributed by atoms with E-state index in [2.05, 4.69) is 9.97 Å². The number of piperazine rings is 1. The third-order valence-corrected chi connectivity index (χ3v) is 5.36. The number of hydrogen-bond acceptors (Lipinski definition) is 7. The minimum absolute atomic E-state index is 0.0109. The smallest absolute Gasteiger partial charge is 0.433 e. The lowest BCUT2D eigenvalue weighted by molar-refractivity contribution is -0.270. The van der Waals surface area contributed by atoms with Gasteiger partial charge in [0.05, 0.1) is 24.4 Å². The maximum atomic E-state index is 12.9. The summed E-state index contributed by atoms with van der Waals surface area (Å²) < 4.78 is 43.5. The number of nitrogens with zero attached hydrogens (tertiary/aromatic N) is 4. The molecule has 1 atom stereocenters. The molecule has 9 nitrogen and oxygen atoms in total. The van der Waals surface area contributed by atoms with Gasteiger partial charge in [-0.3, -0.25) is 4.79 Å². The fourth-order valence-corrected chi connectivity index (χ4v) is 3.63. The maximum absolute atomic E-state index is 12.9. The van der Waals surface area contributed by atoms with Crippen molar-refractivity contribution in [2.75, 3.05) is 26.2 Å². The Bertz CT molecular complexity index is 1220. The number of aromatic nitrogens is 2. The molecule has 4 rings (SSSR count). The first-order valence-electron chi connectivity index (χ1n) is 10.2. The van der Waals surface area contributed by atoms with Crippen LogP contribution in [0.4, 0.5) is 18.0 Å². The molecule has 0 bridgehead atoms. The highest BCUT2D eigenvalue weighted by Crippen LogP contribution is 2.30. The van der Waals surface area contributed by atoms with E-state index in [0.29, 0.717) is 16.7 Å². The van der Waals surface area contributed by atoms with Crippen molar-refractivity contribution >= 4 is 22.9 Å². The van der Waals surface area contributed by atoms with E-state index in [0.717, 1.165) is 17.2 Å². The van der Waals surface area contributed by atoms with Gasteiger partial charge in [-0.2, -0.15) is 13.2 Å². The predicted molar refractivity (Wildman–Crippen MR) is 110 cm³/mol. The minimum atomic E-state index is -4.54. The number of fused-ring (bicyclic) bond motifs is 1. The van der Waals surface area contributed by atoms with Gasteiger partial charge in [0.15, 0.2) is 0 Å². The molecule has 1 unspecified atom stereocenters. The molecule has 0 saturated carbocycles. The summed E-state index contributed by atoms with van der Waals surface area (Å²) in [6.45, 7) is -0.277. The van der Waals surface area contributed by atoms with Gasteiger partial charge < -0.3 is 29.5 Å². The Labute approximate surface area is 191 Å². The standard InChI is InChI=1S/C22H19F3N4O5/c23-22(24,25)19-6-3-16(10-26-19)34-15-2-5-17-13(9-15)1-4-18(27-17)20(31)28-7-8-29(21(32)33)14(11-28)12-30/h1-6,9-10,14,30H,7-8,11-12H2,(H,32,33)/p-1. The van der Waals surface area contributed by atoms with Crippen molar-refractivity contribution in [3.63, 3.8) is 0 Å². The number of aliphatic hydroxyl groups is 1. The number of rotatable bonds is 4. The van der Waals surface area contributed by atoms with Gasteiger partial charge >= 0.3 is 6.18 Å². The highest BCUT2D eigenvalue weighted by molar-refractivity contribution is 5.95. The third kappa shape index (κ3) is 4.86. The van der Waals surface area contributed by atoms with Gasteiger partial charge in [-0.1, -0.05) is 6.07 Å². The van der Waals surface area contributed by atoms with Gasteiger partial charge in [0, 0.05) is 25.0 Å². The SMILES string of the molecule is O=C(c1ccc2cc(Oc3ccc(C(F)(F)F)nc3)ccc2n1)N1CCN(C(=O)[O-])C(CO)C1. The molecule has 1 saturated heterocycles. The second-order valence-corrected chi connectivity index (χ2v) is 7.58. The van der Waals surface area contributed by atoms with E-state index in [-0.39, 0.29) is 31.1 Å². The lowest BCUT2D eigenvalue weighted by Gasteiger charge is -2.41. The Kier molecular flexibility index (Phi) is 6.24. The lowest BCUT2D eigenvalue weighted by atomic mass is 10.1. The summed E-state index contributed by atoms with van der Waals surface area (Å²) in [4.78, 5) is 34.1. The summed E-state index contributed by atoms with van der Waals surface area (Å²) in [5.41, 5.74) is -0.395. The molecule has 0 spiro atoms. The van der Waals surface area contributed by atoms with Crippen molar-refractivity contribution in [1.29, 1.82) is 0 Å². The van der Waals surface area contributed by atoms with Crippen molar-refractivity contribution in [2.24, 2.45) is 0 Å². The van der Waals surface area contributed by atoms with Gasteiger partial charge in [0.2, 0.25) is 0 Å². The average Bonchev–Trinajstić information content (AvgIpc) is 2.82. The molecule has 178 valence electrons. The second-order valence-electron chi connectivity index (χ2n) is 7.58. The van der Waals surface area contributed by atoms with Gasteiger partial charge in [-0.25, -0.2) is 9.97 Å². The first-order chi connectivity index (χ1) is 16.2. The monoisotopic (exact) mass is 475 g/mol. The van der Waals surface area contributed by atoms with Crippen LogP contribution in [0.3, 0.4) is 0 Å². The molecule has 1 aliphatic rings. The molecule has 3 aromatic rings. The Hall–Kier alpha value is -3.93. The molecule has 34 heavy (non-hydrogen) atoms. The number of carboxylic acid groups (broad SMARTS) is 1. The first-order valence-corrected chi connectivity index (χ1v) is 10.2. The van der Waals surface area contributed by atoms with Crippen LogP contribution in [-0.4, -0.2) is 69.2 Å². The normalized spacial score (nSPS) is 16.5. The molecule has 0 radical (unpaired) electrons. The number of benzene rings is 1. The van der Waals surface area contributed by atoms with Gasteiger partial charge in [0.1, 0.15) is 29.0 Å². The molecule has 1 N–H and O–H groups in total. The summed E-state index contributed by atoms with van der Waals surface area (Å²) >= 11 is 0. The van der Waals surface area contributed by atoms with Crippen molar-refractivity contribution < 1.29 is 37.7 Å². The Morgan fingerprint density at radius 3 is 2.53 bits per heavy atom. The van der Waals surface area contributed by atoms with Crippen LogP contribution in [0.5, 0.6) is 11.5 Å². The third-order valence-electron chi connectivity index (χ3n) is 5.36. The molecule has 1 fully saturated rings. The fourth-order valence-electron chi connectivity index (χ4n) is 3.63. The predicted octanol–water partition coefficient (Wildman–Crippen LogP) is 1.90. The highest BCUT2D eigenvalue weighted by Gasteiger charge is 2.32. The first kappa shape index (κ1) is 23.2. The lowest BCUT2D eigenvalue weighted by Crippen LogP contribution is -2.60. The Balaban J connectivity index is 1.48. The van der Waals surface area contributed by atoms with Crippen LogP contribution in [0.15, 0.2) is 48.7 Å². The molecule has 2 amide bonds. The summed E-state index contributed by atoms with van der Waals surface area (Å²) in [7, 11) is 0. The number of ether oxygens (including phenoxy) is 1. The van der Waals surface area contributed by atoms with Crippen molar-refractivity contribution in [1.82, 2.24) is 19.8 Å². The molecule has 2 aromatic heterocycles. The zero-order valence-corrected chi connectivity index (χ0v) is 17.5. The zero-order chi connectivity index (χ0) is 24.5. The summed E-state index contributed by atoms with van der Waals surface area (Å²) in [6.07, 6.45) is -4.96. The number of alkyl halides is 3. The molecular formula is C22H18F3N4O5-. The number of amides is 2. The molecular weight excluding hydrogens is 457 g/mol. The number of aliphatic hydroxyl groups excluding tert-OH is 1. The van der Waals surface area contributed by atoms with E-state index in [1.165, 1.54) is 17.0 Å². The van der Waals surface area contributed by atoms with Gasteiger partial charge in [-0.05, 0) is 36.4 Å². The van der Waals surface area contributed by atoms with E-state index in [9.17, 15) is 33.0 Å². The summed E-state index contributed by atoms with van der Waals surface area (Å²) in [6, 6.07) is 9.15. The van der Waals surface area contributed by atoms with E-state index in [4.69, 9.17) is 4.74 Å². The molecule has 1 aromatic carbocycles. The Morgan fingerprint density at radius 2 is 1.88 bits per heavy atom. The molecule has 3 heterocycles. The fraction of sp³-hybridized carbons (Fsp3) is 0.273. The van der Waals surface area contributed by atoms with Crippen LogP contribution in [0.25, 0.3) is 10.9 Å². The average molecular weight is 475 g/mol. The maximum Gasteiger partial charge on any atom is 0.433 e. The highest BCUT2D eigenvalue weighted by atomic mass is 19.4. The minimum Gasteiger partial charge on any atom is -0.530 e. The zero-order valence-electron chi connectivity index (χ0n) is 17.5. The van der Waals surface area contributed by atoms with E-state index in [1.807, 2.05) is 0 Å². The molecule has 12 heteroatoms. The number of pyridine rings is 2. The van der Waals surface area contributed by atoms with Crippen molar-refractivity contribution in [3.05, 3.63) is 60.0 Å². The second kappa shape index (κ2) is 9.14. The van der Waals surface area contributed by atoms with Crippen molar-refractivity contribution in [3.8, 4) is 11.5 Å².